The average Bonchev–Trinajstić information content (AvgIpc) is 3.19. The van der Waals surface area contributed by atoms with Crippen LogP contribution in [0.4, 0.5) is 0 Å². The lowest BCUT2D eigenvalue weighted by Gasteiger charge is -2.43. The van der Waals surface area contributed by atoms with Gasteiger partial charge in [-0.1, -0.05) is 13.8 Å². The minimum absolute atomic E-state index is 0.00569. The summed E-state index contributed by atoms with van der Waals surface area (Å²) in [6.07, 6.45) is 4.13. The molecule has 1 heterocycles. The first-order valence-electron chi connectivity index (χ1n) is 7.50. The van der Waals surface area contributed by atoms with E-state index in [1.165, 1.54) is 12.8 Å². The lowest BCUT2D eigenvalue weighted by Crippen LogP contribution is -2.61. The third-order valence-electron chi connectivity index (χ3n) is 5.07. The zero-order chi connectivity index (χ0) is 14.3. The Hall–Kier alpha value is -1.06. The van der Waals surface area contributed by atoms with Gasteiger partial charge in [-0.2, -0.15) is 0 Å². The van der Waals surface area contributed by atoms with Crippen LogP contribution in [0, 0.1) is 5.92 Å². The second-order valence-corrected chi connectivity index (χ2v) is 6.47. The number of rotatable bonds is 4. The Morgan fingerprint density at radius 3 is 2.32 bits per heavy atom. The van der Waals surface area contributed by atoms with Crippen molar-refractivity contribution in [1.29, 1.82) is 0 Å². The highest BCUT2D eigenvalue weighted by molar-refractivity contribution is 5.94. The van der Waals surface area contributed by atoms with Gasteiger partial charge in [0.2, 0.25) is 11.8 Å². The summed E-state index contributed by atoms with van der Waals surface area (Å²) in [5.41, 5.74) is -0.821. The van der Waals surface area contributed by atoms with Gasteiger partial charge in [0, 0.05) is 18.5 Å². The molecule has 0 unspecified atom stereocenters. The molecule has 1 N–H and O–H groups in total. The molecule has 0 bridgehead atoms. The molecule has 108 valence electrons. The van der Waals surface area contributed by atoms with Gasteiger partial charge in [0.15, 0.2) is 0 Å². The SMILES string of the molecule is CCC1(CC)NC(=O)CCN(C(C)(C)C2CC2)C1=O. The largest absolute Gasteiger partial charge is 0.342 e. The molecule has 1 saturated carbocycles. The normalized spacial score (nSPS) is 24.1. The molecular formula is C15H26N2O2. The van der Waals surface area contributed by atoms with E-state index >= 15 is 0 Å². The molecule has 2 rings (SSSR count). The van der Waals surface area contributed by atoms with Crippen LogP contribution in [0.5, 0.6) is 0 Å². The van der Waals surface area contributed by atoms with Crippen LogP contribution in [0.25, 0.3) is 0 Å². The Morgan fingerprint density at radius 2 is 1.84 bits per heavy atom. The Balaban J connectivity index is 2.33. The molecule has 19 heavy (non-hydrogen) atoms. The standard InChI is InChI=1S/C15H26N2O2/c1-5-15(6-2)13(19)17(10-9-12(18)16-15)14(3,4)11-7-8-11/h11H,5-10H2,1-4H3,(H,16,18). The Bertz CT molecular complexity index is 382. The number of nitrogens with one attached hydrogen (secondary N) is 1. The van der Waals surface area contributed by atoms with Gasteiger partial charge in [0.1, 0.15) is 5.54 Å². The lowest BCUT2D eigenvalue weighted by molar-refractivity contribution is -0.144. The Morgan fingerprint density at radius 1 is 1.26 bits per heavy atom. The third kappa shape index (κ3) is 2.37. The van der Waals surface area contributed by atoms with Crippen LogP contribution in [-0.4, -0.2) is 34.3 Å². The van der Waals surface area contributed by atoms with E-state index in [0.717, 1.165) is 0 Å². The maximum absolute atomic E-state index is 13.0. The second kappa shape index (κ2) is 4.80. The predicted molar refractivity (Wildman–Crippen MR) is 74.6 cm³/mol. The molecule has 0 aromatic heterocycles. The first-order valence-corrected chi connectivity index (χ1v) is 7.50. The number of hydrogen-bond donors (Lipinski definition) is 1. The van der Waals surface area contributed by atoms with Gasteiger partial charge in [-0.05, 0) is 45.4 Å². The highest BCUT2D eigenvalue weighted by Crippen LogP contribution is 2.44. The van der Waals surface area contributed by atoms with Crippen molar-refractivity contribution in [3.05, 3.63) is 0 Å². The molecule has 1 aliphatic heterocycles. The first kappa shape index (κ1) is 14.4. The zero-order valence-electron chi connectivity index (χ0n) is 12.6. The minimum Gasteiger partial charge on any atom is -0.342 e. The fraction of sp³-hybridized carbons (Fsp3) is 0.867. The molecule has 0 aromatic carbocycles. The summed E-state index contributed by atoms with van der Waals surface area (Å²) in [4.78, 5) is 26.9. The van der Waals surface area contributed by atoms with Crippen LogP contribution >= 0.6 is 0 Å². The smallest absolute Gasteiger partial charge is 0.248 e. The molecular weight excluding hydrogens is 240 g/mol. The summed E-state index contributed by atoms with van der Waals surface area (Å²) in [6, 6.07) is 0. The van der Waals surface area contributed by atoms with Crippen molar-refractivity contribution in [3.63, 3.8) is 0 Å². The quantitative estimate of drug-likeness (QED) is 0.847. The lowest BCUT2D eigenvalue weighted by atomic mass is 9.87. The number of nitrogens with zero attached hydrogens (tertiary/aromatic N) is 1. The van der Waals surface area contributed by atoms with Gasteiger partial charge >= 0.3 is 0 Å². The average molecular weight is 266 g/mol. The Labute approximate surface area is 115 Å². The van der Waals surface area contributed by atoms with E-state index in [-0.39, 0.29) is 17.4 Å². The van der Waals surface area contributed by atoms with E-state index in [2.05, 4.69) is 19.2 Å². The molecule has 0 radical (unpaired) electrons. The van der Waals surface area contributed by atoms with Gasteiger partial charge in [0.05, 0.1) is 0 Å². The van der Waals surface area contributed by atoms with Crippen molar-refractivity contribution < 1.29 is 9.59 Å². The summed E-state index contributed by atoms with van der Waals surface area (Å²) < 4.78 is 0. The van der Waals surface area contributed by atoms with Gasteiger partial charge in [-0.15, -0.1) is 0 Å². The fourth-order valence-corrected chi connectivity index (χ4v) is 3.25. The summed E-state index contributed by atoms with van der Waals surface area (Å²) in [7, 11) is 0. The summed E-state index contributed by atoms with van der Waals surface area (Å²) in [5.74, 6) is 0.711. The molecule has 0 atom stereocenters. The van der Waals surface area contributed by atoms with Crippen molar-refractivity contribution in [2.24, 2.45) is 5.92 Å². The van der Waals surface area contributed by atoms with E-state index in [1.807, 2.05) is 18.7 Å². The van der Waals surface area contributed by atoms with E-state index in [9.17, 15) is 9.59 Å². The van der Waals surface area contributed by atoms with E-state index in [4.69, 9.17) is 0 Å². The Kier molecular flexibility index (Phi) is 3.63. The molecule has 1 saturated heterocycles. The number of carbonyl (C=O) groups excluding carboxylic acids is 2. The van der Waals surface area contributed by atoms with Crippen LogP contribution in [-0.2, 0) is 9.59 Å². The topological polar surface area (TPSA) is 49.4 Å². The maximum Gasteiger partial charge on any atom is 0.248 e. The third-order valence-corrected chi connectivity index (χ3v) is 5.07. The fourth-order valence-electron chi connectivity index (χ4n) is 3.25. The molecule has 0 spiro atoms. The van der Waals surface area contributed by atoms with Crippen molar-refractivity contribution in [2.75, 3.05) is 6.54 Å². The number of hydrogen-bond acceptors (Lipinski definition) is 2. The van der Waals surface area contributed by atoms with Crippen LogP contribution in [0.2, 0.25) is 0 Å². The van der Waals surface area contributed by atoms with E-state index in [0.29, 0.717) is 31.7 Å². The predicted octanol–water partition coefficient (Wildman–Crippen LogP) is 2.08. The monoisotopic (exact) mass is 266 g/mol. The van der Waals surface area contributed by atoms with E-state index in [1.54, 1.807) is 0 Å². The van der Waals surface area contributed by atoms with Crippen LogP contribution < -0.4 is 5.32 Å². The molecule has 1 aliphatic carbocycles. The molecule has 2 amide bonds. The minimum atomic E-state index is -0.695. The van der Waals surface area contributed by atoms with Crippen LogP contribution in [0.15, 0.2) is 0 Å². The number of amides is 2. The van der Waals surface area contributed by atoms with Crippen molar-refractivity contribution >= 4 is 11.8 Å². The first-order chi connectivity index (χ1) is 8.87. The molecule has 4 nitrogen and oxygen atoms in total. The number of carbonyl (C=O) groups is 2. The maximum atomic E-state index is 13.0. The van der Waals surface area contributed by atoms with Gasteiger partial charge in [-0.3, -0.25) is 9.59 Å². The molecule has 0 aromatic rings. The second-order valence-electron chi connectivity index (χ2n) is 6.47. The van der Waals surface area contributed by atoms with Crippen LogP contribution in [0.3, 0.4) is 0 Å². The van der Waals surface area contributed by atoms with Gasteiger partial charge < -0.3 is 10.2 Å². The van der Waals surface area contributed by atoms with Crippen molar-refractivity contribution in [3.8, 4) is 0 Å². The highest BCUT2D eigenvalue weighted by Gasteiger charge is 2.50. The highest BCUT2D eigenvalue weighted by atomic mass is 16.2. The van der Waals surface area contributed by atoms with E-state index < -0.39 is 5.54 Å². The molecule has 2 aliphatic rings. The zero-order valence-corrected chi connectivity index (χ0v) is 12.6. The summed E-state index contributed by atoms with van der Waals surface area (Å²) in [6.45, 7) is 8.81. The summed E-state index contributed by atoms with van der Waals surface area (Å²) in [5, 5.41) is 2.97. The van der Waals surface area contributed by atoms with Gasteiger partial charge in [0.25, 0.3) is 0 Å². The summed E-state index contributed by atoms with van der Waals surface area (Å²) >= 11 is 0. The van der Waals surface area contributed by atoms with Crippen molar-refractivity contribution in [2.45, 2.75) is 70.9 Å². The van der Waals surface area contributed by atoms with Crippen molar-refractivity contribution in [1.82, 2.24) is 10.2 Å². The molecule has 4 heteroatoms. The van der Waals surface area contributed by atoms with Crippen LogP contribution in [0.1, 0.15) is 59.8 Å². The van der Waals surface area contributed by atoms with Gasteiger partial charge in [-0.25, -0.2) is 0 Å². The molecule has 2 fully saturated rings.